The van der Waals surface area contributed by atoms with E-state index in [2.05, 4.69) is 48.5 Å². The van der Waals surface area contributed by atoms with Crippen LogP contribution in [-0.4, -0.2) is 96.7 Å². The van der Waals surface area contributed by atoms with Crippen molar-refractivity contribution < 1.29 is 80.2 Å². The number of phosphoric ester groups is 2. The maximum absolute atomic E-state index is 13.1. The molecule has 0 heterocycles. The summed E-state index contributed by atoms with van der Waals surface area (Å²) in [5, 5.41) is 10.6. The van der Waals surface area contributed by atoms with Gasteiger partial charge in [0, 0.05) is 25.7 Å². The lowest BCUT2D eigenvalue weighted by molar-refractivity contribution is -0.161. The summed E-state index contributed by atoms with van der Waals surface area (Å²) in [6.45, 7) is 11.9. The van der Waals surface area contributed by atoms with Crippen LogP contribution in [0, 0.1) is 17.8 Å². The van der Waals surface area contributed by atoms with E-state index in [1.807, 2.05) is 0 Å². The summed E-state index contributed by atoms with van der Waals surface area (Å²) in [4.78, 5) is 72.8. The molecule has 0 bridgehead atoms. The number of phosphoric acid groups is 2. The topological polar surface area (TPSA) is 237 Å². The van der Waals surface area contributed by atoms with Crippen molar-refractivity contribution in [2.75, 3.05) is 39.6 Å². The Bertz CT molecular complexity index is 1840. The van der Waals surface area contributed by atoms with Crippen LogP contribution in [0.1, 0.15) is 382 Å². The van der Waals surface area contributed by atoms with Gasteiger partial charge < -0.3 is 33.8 Å². The first-order valence-corrected chi connectivity index (χ1v) is 41.9. The van der Waals surface area contributed by atoms with Crippen LogP contribution in [0.25, 0.3) is 0 Å². The maximum atomic E-state index is 13.1. The molecule has 0 spiro atoms. The third kappa shape index (κ3) is 66.0. The van der Waals surface area contributed by atoms with Crippen LogP contribution in [0.2, 0.25) is 0 Å². The molecule has 558 valence electrons. The molecular weight excluding hydrogens is 1230 g/mol. The normalized spacial score (nSPS) is 14.7. The molecule has 3 N–H and O–H groups in total. The number of aliphatic hydroxyl groups excluding tert-OH is 1. The fourth-order valence-corrected chi connectivity index (χ4v) is 12.9. The number of carbonyl (C=O) groups excluding carboxylic acids is 4. The van der Waals surface area contributed by atoms with Gasteiger partial charge in [0.25, 0.3) is 0 Å². The van der Waals surface area contributed by atoms with Crippen LogP contribution in [0.5, 0.6) is 0 Å². The summed E-state index contributed by atoms with van der Waals surface area (Å²) in [6.07, 6.45) is 51.3. The Morgan fingerprint density at radius 1 is 0.309 bits per heavy atom. The van der Waals surface area contributed by atoms with Crippen molar-refractivity contribution in [3.05, 3.63) is 0 Å². The molecule has 19 heteroatoms. The summed E-state index contributed by atoms with van der Waals surface area (Å²) >= 11 is 0. The molecule has 0 saturated heterocycles. The van der Waals surface area contributed by atoms with E-state index < -0.39 is 97.5 Å². The number of hydrogen-bond acceptors (Lipinski definition) is 15. The van der Waals surface area contributed by atoms with E-state index in [1.165, 1.54) is 186 Å². The van der Waals surface area contributed by atoms with Crippen LogP contribution in [0.3, 0.4) is 0 Å². The minimum Gasteiger partial charge on any atom is -0.462 e. The van der Waals surface area contributed by atoms with E-state index in [-0.39, 0.29) is 25.7 Å². The van der Waals surface area contributed by atoms with Crippen LogP contribution >= 0.6 is 15.6 Å². The van der Waals surface area contributed by atoms with Crippen LogP contribution in [0.4, 0.5) is 0 Å². The Morgan fingerprint density at radius 2 is 0.543 bits per heavy atom. The monoisotopic (exact) mass is 1380 g/mol. The second-order valence-electron chi connectivity index (χ2n) is 28.0. The zero-order valence-corrected chi connectivity index (χ0v) is 63.2. The molecule has 0 rings (SSSR count). The van der Waals surface area contributed by atoms with Gasteiger partial charge in [-0.2, -0.15) is 0 Å². The largest absolute Gasteiger partial charge is 0.472 e. The van der Waals surface area contributed by atoms with Crippen LogP contribution in [-0.2, 0) is 65.4 Å². The number of ether oxygens (including phenoxy) is 4. The molecule has 0 aromatic heterocycles. The molecule has 94 heavy (non-hydrogen) atoms. The van der Waals surface area contributed by atoms with Gasteiger partial charge in [-0.05, 0) is 43.4 Å². The van der Waals surface area contributed by atoms with Gasteiger partial charge in [-0.25, -0.2) is 9.13 Å². The Balaban J connectivity index is 5.25. The molecule has 0 radical (unpaired) electrons. The van der Waals surface area contributed by atoms with E-state index in [0.29, 0.717) is 25.7 Å². The summed E-state index contributed by atoms with van der Waals surface area (Å²) in [5.74, 6) is 0.156. The number of hydrogen-bond donors (Lipinski definition) is 3. The van der Waals surface area contributed by atoms with Gasteiger partial charge >= 0.3 is 39.5 Å². The van der Waals surface area contributed by atoms with E-state index >= 15 is 0 Å². The highest BCUT2D eigenvalue weighted by atomic mass is 31.2. The molecule has 0 aliphatic heterocycles. The fourth-order valence-electron chi connectivity index (χ4n) is 11.4. The molecule has 0 aromatic rings. The second kappa shape index (κ2) is 65.7. The Kier molecular flexibility index (Phi) is 64.3. The van der Waals surface area contributed by atoms with E-state index in [4.69, 9.17) is 37.0 Å². The number of aliphatic hydroxyl groups is 1. The lowest BCUT2D eigenvalue weighted by Gasteiger charge is -2.21. The smallest absolute Gasteiger partial charge is 0.462 e. The fraction of sp³-hybridized carbons (Fsp3) is 0.947. The highest BCUT2D eigenvalue weighted by Crippen LogP contribution is 2.45. The lowest BCUT2D eigenvalue weighted by Crippen LogP contribution is -2.30. The van der Waals surface area contributed by atoms with Crippen molar-refractivity contribution in [3.8, 4) is 0 Å². The minimum atomic E-state index is -4.96. The zero-order chi connectivity index (χ0) is 69.4. The summed E-state index contributed by atoms with van der Waals surface area (Å²) < 4.78 is 68.5. The Labute approximate surface area is 575 Å². The van der Waals surface area contributed by atoms with E-state index in [9.17, 15) is 43.2 Å². The molecule has 0 saturated carbocycles. The zero-order valence-electron chi connectivity index (χ0n) is 61.4. The molecule has 7 atom stereocenters. The number of rotatable bonds is 73. The molecule has 17 nitrogen and oxygen atoms in total. The Morgan fingerprint density at radius 3 is 0.809 bits per heavy atom. The maximum Gasteiger partial charge on any atom is 0.472 e. The van der Waals surface area contributed by atoms with Crippen LogP contribution in [0.15, 0.2) is 0 Å². The van der Waals surface area contributed by atoms with E-state index in [1.54, 1.807) is 0 Å². The minimum absolute atomic E-state index is 0.104. The van der Waals surface area contributed by atoms with Crippen LogP contribution < -0.4 is 0 Å². The number of unbranched alkanes of at least 4 members (excludes halogenated alkanes) is 39. The first-order valence-electron chi connectivity index (χ1n) is 38.9. The summed E-state index contributed by atoms with van der Waals surface area (Å²) in [5.41, 5.74) is 0. The highest BCUT2D eigenvalue weighted by molar-refractivity contribution is 7.47. The predicted molar refractivity (Wildman–Crippen MR) is 381 cm³/mol. The second-order valence-corrected chi connectivity index (χ2v) is 30.9. The molecule has 4 unspecified atom stereocenters. The first kappa shape index (κ1) is 92.1. The van der Waals surface area contributed by atoms with Crippen molar-refractivity contribution in [2.24, 2.45) is 17.8 Å². The van der Waals surface area contributed by atoms with Crippen molar-refractivity contribution >= 4 is 39.5 Å². The lowest BCUT2D eigenvalue weighted by atomic mass is 9.99. The van der Waals surface area contributed by atoms with Gasteiger partial charge in [-0.1, -0.05) is 331 Å². The van der Waals surface area contributed by atoms with Gasteiger partial charge in [0.05, 0.1) is 26.4 Å². The van der Waals surface area contributed by atoms with Crippen molar-refractivity contribution in [1.29, 1.82) is 0 Å². The summed E-state index contributed by atoms with van der Waals surface area (Å²) in [6, 6.07) is 0. The average molecular weight is 1380 g/mol. The first-order chi connectivity index (χ1) is 45.3. The predicted octanol–water partition coefficient (Wildman–Crippen LogP) is 21.8. The molecule has 0 aliphatic rings. The number of carbonyl (C=O) groups is 4. The quantitative estimate of drug-likeness (QED) is 0.0222. The van der Waals surface area contributed by atoms with Gasteiger partial charge in [-0.15, -0.1) is 0 Å². The third-order valence-electron chi connectivity index (χ3n) is 18.1. The van der Waals surface area contributed by atoms with Crippen molar-refractivity contribution in [1.82, 2.24) is 0 Å². The van der Waals surface area contributed by atoms with Gasteiger partial charge in [0.15, 0.2) is 12.2 Å². The van der Waals surface area contributed by atoms with E-state index in [0.717, 1.165) is 114 Å². The standard InChI is InChI=1S/C75H146O17P2/c1-8-11-12-13-14-15-16-17-18-19-20-21-22-23-30-35-44-51-58-74(79)91-70(62-85-72(77)56-49-42-34-29-25-24-28-33-40-47-54-67(6)9-2)64-89-93(81,82)87-60-69(76)61-88-94(83,84)90-65-71(63-86-73(78)57-50-43-38-37-41-48-55-68(7)10-3)92-75(80)59-52-45-36-31-26-27-32-39-46-53-66(4)5/h66-71,76H,8-65H2,1-7H3,(H,81,82)(H,83,84)/t67?,68?,69-,70-,71-/m1/s1. The average Bonchev–Trinajstić information content (AvgIpc) is 1.52. The van der Waals surface area contributed by atoms with Crippen molar-refractivity contribution in [2.45, 2.75) is 401 Å². The van der Waals surface area contributed by atoms with Gasteiger partial charge in [-0.3, -0.25) is 37.3 Å². The van der Waals surface area contributed by atoms with Crippen molar-refractivity contribution in [3.63, 3.8) is 0 Å². The molecule has 0 aliphatic carbocycles. The van der Waals surface area contributed by atoms with Gasteiger partial charge in [0.1, 0.15) is 19.3 Å². The molecule has 0 fully saturated rings. The van der Waals surface area contributed by atoms with Gasteiger partial charge in [0.2, 0.25) is 0 Å². The molecule has 0 aromatic carbocycles. The third-order valence-corrected chi connectivity index (χ3v) is 20.0. The molecule has 0 amide bonds. The summed E-state index contributed by atoms with van der Waals surface area (Å²) in [7, 11) is -9.91. The highest BCUT2D eigenvalue weighted by Gasteiger charge is 2.30. The Hall–Kier alpha value is -1.94. The molecular formula is C75H146O17P2. The number of esters is 4. The SMILES string of the molecule is CCCCCCCCCCCCCCCCCCCCC(=O)O[C@H](COC(=O)CCCCCCCCCCCCC(C)CC)COP(=O)(O)OC[C@@H](O)COP(=O)(O)OC[C@@H](COC(=O)CCCCCCCCC(C)CC)OC(=O)CCCCCCCCCCCC(C)C.